The summed E-state index contributed by atoms with van der Waals surface area (Å²) in [7, 11) is 4.67. The molecule has 1 aliphatic rings. The fourth-order valence-electron chi connectivity index (χ4n) is 5.82. The third kappa shape index (κ3) is 4.86. The molecule has 1 saturated heterocycles. The van der Waals surface area contributed by atoms with E-state index in [0.29, 0.717) is 22.7 Å². The number of benzene rings is 3. The van der Waals surface area contributed by atoms with Gasteiger partial charge in [-0.15, -0.1) is 0 Å². The molecule has 2 aromatic heterocycles. The Morgan fingerprint density at radius 3 is 2.26 bits per heavy atom. The van der Waals surface area contributed by atoms with Crippen LogP contribution in [0.4, 0.5) is 0 Å². The van der Waals surface area contributed by atoms with Gasteiger partial charge in [-0.25, -0.2) is 9.97 Å². The lowest BCUT2D eigenvalue weighted by molar-refractivity contribution is -0.0952. The molecule has 0 amide bonds. The van der Waals surface area contributed by atoms with Crippen LogP contribution >= 0.6 is 0 Å². The third-order valence-corrected chi connectivity index (χ3v) is 7.83. The molecule has 1 fully saturated rings. The van der Waals surface area contributed by atoms with Gasteiger partial charge < -0.3 is 33.8 Å². The Morgan fingerprint density at radius 1 is 0.930 bits per heavy atom. The number of hydrogen-bond acceptors (Lipinski definition) is 9. The molecule has 0 spiro atoms. The van der Waals surface area contributed by atoms with Crippen molar-refractivity contribution in [3.8, 4) is 11.5 Å². The average molecular weight is 585 g/mol. The van der Waals surface area contributed by atoms with Gasteiger partial charge in [0, 0.05) is 12.7 Å². The molecule has 43 heavy (non-hydrogen) atoms. The van der Waals surface area contributed by atoms with E-state index in [4.69, 9.17) is 23.7 Å². The minimum Gasteiger partial charge on any atom is -0.493 e. The summed E-state index contributed by atoms with van der Waals surface area (Å²) in [6, 6.07) is 25.3. The minimum absolute atomic E-state index is 0.0394. The van der Waals surface area contributed by atoms with E-state index in [1.807, 2.05) is 78.9 Å². The largest absolute Gasteiger partial charge is 0.493 e. The van der Waals surface area contributed by atoms with E-state index in [1.165, 1.54) is 19.8 Å². The van der Waals surface area contributed by atoms with Gasteiger partial charge in [-0.2, -0.15) is 0 Å². The number of aliphatic hydroxyl groups is 1. The second-order valence-corrected chi connectivity index (χ2v) is 10.1. The zero-order valence-corrected chi connectivity index (χ0v) is 23.9. The first-order valence-electron chi connectivity index (χ1n) is 13.8. The Morgan fingerprint density at radius 2 is 1.63 bits per heavy atom. The average Bonchev–Trinajstić information content (AvgIpc) is 3.63. The van der Waals surface area contributed by atoms with Crippen LogP contribution < -0.4 is 15.0 Å². The molecule has 5 aromatic rings. The van der Waals surface area contributed by atoms with Gasteiger partial charge in [0.2, 0.25) is 0 Å². The molecule has 3 heterocycles. The normalized spacial score (nSPS) is 20.4. The van der Waals surface area contributed by atoms with Gasteiger partial charge in [-0.1, -0.05) is 72.8 Å². The van der Waals surface area contributed by atoms with Crippen molar-refractivity contribution in [1.29, 1.82) is 0 Å². The lowest BCUT2D eigenvalue weighted by Crippen LogP contribution is -2.40. The van der Waals surface area contributed by atoms with Crippen molar-refractivity contribution in [1.82, 2.24) is 19.5 Å². The first-order chi connectivity index (χ1) is 21.0. The maximum Gasteiger partial charge on any atom is 0.278 e. The van der Waals surface area contributed by atoms with Crippen molar-refractivity contribution < 1.29 is 28.8 Å². The van der Waals surface area contributed by atoms with Crippen molar-refractivity contribution in [3.05, 3.63) is 119 Å². The number of nitrogens with one attached hydrogen (secondary N) is 1. The van der Waals surface area contributed by atoms with E-state index in [2.05, 4.69) is 15.0 Å². The van der Waals surface area contributed by atoms with Crippen LogP contribution in [0, 0.1) is 0 Å². The first kappa shape index (κ1) is 28.6. The van der Waals surface area contributed by atoms with E-state index < -0.39 is 30.1 Å². The number of hydrogen-bond donors (Lipinski definition) is 2. The minimum atomic E-state index is -1.19. The number of rotatable bonds is 10. The van der Waals surface area contributed by atoms with Crippen molar-refractivity contribution in [2.45, 2.75) is 30.1 Å². The van der Waals surface area contributed by atoms with E-state index in [9.17, 15) is 9.90 Å². The summed E-state index contributed by atoms with van der Waals surface area (Å²) in [6.07, 6.45) is -0.752. The number of aromatic amines is 1. The van der Waals surface area contributed by atoms with E-state index >= 15 is 0 Å². The molecular weight excluding hydrogens is 552 g/mol. The summed E-state index contributed by atoms with van der Waals surface area (Å²) in [5, 5.41) is 11.4. The maximum atomic E-state index is 12.3. The second-order valence-electron chi connectivity index (χ2n) is 10.1. The highest BCUT2D eigenvalue weighted by atomic mass is 16.6. The van der Waals surface area contributed by atoms with Gasteiger partial charge in [0.1, 0.15) is 23.9 Å². The topological polar surface area (TPSA) is 130 Å². The van der Waals surface area contributed by atoms with Gasteiger partial charge in [0.05, 0.1) is 33.5 Å². The third-order valence-electron chi connectivity index (χ3n) is 7.83. The molecule has 2 N–H and O–H groups in total. The molecular formula is C32H32N4O7. The lowest BCUT2D eigenvalue weighted by atomic mass is 9.79. The number of para-hydroxylation sites is 1. The summed E-state index contributed by atoms with van der Waals surface area (Å²) in [5.41, 5.74) is 1.29. The van der Waals surface area contributed by atoms with Crippen molar-refractivity contribution in [2.24, 2.45) is 0 Å². The number of methoxy groups -OCH3 is 3. The zero-order valence-electron chi connectivity index (χ0n) is 23.9. The molecule has 0 aliphatic carbocycles. The standard InChI is InChI=1S/C32H32N4O7/c1-39-23-16-10-15-22(27(23)40-2)32(20-11-6-4-7-12-20,21-13-8-5-9-14-21)42-17-24-26(37)28(41-3)31(43-24)36-19-35-25-29(36)33-18-34-30(25)38/h4-16,18-19,24,26,28,31,37H,17H2,1-3H3,(H,33,34,38). The summed E-state index contributed by atoms with van der Waals surface area (Å²) < 4.78 is 32.2. The molecule has 4 atom stereocenters. The molecule has 0 radical (unpaired) electrons. The van der Waals surface area contributed by atoms with Crippen molar-refractivity contribution >= 4 is 11.2 Å². The van der Waals surface area contributed by atoms with Crippen molar-refractivity contribution in [3.63, 3.8) is 0 Å². The zero-order chi connectivity index (χ0) is 30.0. The van der Waals surface area contributed by atoms with Gasteiger partial charge in [0.15, 0.2) is 28.9 Å². The summed E-state index contributed by atoms with van der Waals surface area (Å²) in [6.45, 7) is -0.0394. The number of H-pyrrole nitrogens is 1. The Balaban J connectivity index is 1.44. The number of ether oxygens (including phenoxy) is 5. The van der Waals surface area contributed by atoms with Crippen LogP contribution in [0.15, 0.2) is 96.3 Å². The molecule has 11 nitrogen and oxygen atoms in total. The van der Waals surface area contributed by atoms with Crippen molar-refractivity contribution in [2.75, 3.05) is 27.9 Å². The molecule has 0 bridgehead atoms. The highest BCUT2D eigenvalue weighted by Gasteiger charge is 2.48. The fourth-order valence-corrected chi connectivity index (χ4v) is 5.82. The Bertz CT molecular complexity index is 1700. The van der Waals surface area contributed by atoms with Gasteiger partial charge in [0.25, 0.3) is 5.56 Å². The Labute approximate surface area is 247 Å². The highest BCUT2D eigenvalue weighted by Crippen LogP contribution is 2.48. The van der Waals surface area contributed by atoms with Gasteiger partial charge >= 0.3 is 0 Å². The SMILES string of the molecule is COc1cccc(C(OCC2OC(n3cnc4c(=O)[nH]cnc43)C(OC)C2O)(c2ccccc2)c2ccccc2)c1OC. The van der Waals surface area contributed by atoms with Gasteiger partial charge in [-0.05, 0) is 17.2 Å². The molecule has 222 valence electrons. The predicted octanol–water partition coefficient (Wildman–Crippen LogP) is 3.42. The van der Waals surface area contributed by atoms with Crippen LogP contribution in [0.1, 0.15) is 22.9 Å². The number of imidazole rings is 1. The van der Waals surface area contributed by atoms with Crippen LogP contribution in [0.5, 0.6) is 11.5 Å². The highest BCUT2D eigenvalue weighted by molar-refractivity contribution is 5.69. The lowest BCUT2D eigenvalue weighted by Gasteiger charge is -2.38. The maximum absolute atomic E-state index is 12.3. The Hall–Kier alpha value is -4.55. The fraction of sp³-hybridized carbons (Fsp3) is 0.281. The monoisotopic (exact) mass is 584 g/mol. The summed E-state index contributed by atoms with van der Waals surface area (Å²) in [5.74, 6) is 1.06. The number of fused-ring (bicyclic) bond motifs is 1. The number of aliphatic hydroxyl groups excluding tert-OH is 1. The van der Waals surface area contributed by atoms with Crippen LogP contribution in [-0.4, -0.2) is 70.9 Å². The quantitative estimate of drug-likeness (QED) is 0.237. The first-order valence-corrected chi connectivity index (χ1v) is 13.8. The smallest absolute Gasteiger partial charge is 0.278 e. The van der Waals surface area contributed by atoms with Gasteiger partial charge in [-0.3, -0.25) is 9.36 Å². The van der Waals surface area contributed by atoms with Crippen LogP contribution in [0.2, 0.25) is 0 Å². The molecule has 0 saturated carbocycles. The number of nitrogens with zero attached hydrogens (tertiary/aromatic N) is 3. The predicted molar refractivity (Wildman–Crippen MR) is 157 cm³/mol. The molecule has 6 rings (SSSR count). The molecule has 11 heteroatoms. The van der Waals surface area contributed by atoms with E-state index in [0.717, 1.165) is 11.1 Å². The summed E-state index contributed by atoms with van der Waals surface area (Å²) >= 11 is 0. The van der Waals surface area contributed by atoms with Crippen LogP contribution in [0.25, 0.3) is 11.2 Å². The van der Waals surface area contributed by atoms with Crippen LogP contribution in [0.3, 0.4) is 0 Å². The van der Waals surface area contributed by atoms with Crippen LogP contribution in [-0.2, 0) is 19.8 Å². The second kappa shape index (κ2) is 12.0. The molecule has 4 unspecified atom stereocenters. The Kier molecular flexibility index (Phi) is 7.96. The van der Waals surface area contributed by atoms with E-state index in [-0.39, 0.29) is 17.7 Å². The number of aromatic nitrogens is 4. The van der Waals surface area contributed by atoms with E-state index in [1.54, 1.807) is 18.8 Å². The summed E-state index contributed by atoms with van der Waals surface area (Å²) in [4.78, 5) is 23.3. The molecule has 1 aliphatic heterocycles. The molecule has 3 aromatic carbocycles.